The fourth-order valence-corrected chi connectivity index (χ4v) is 3.67. The Morgan fingerprint density at radius 1 is 1.04 bits per heavy atom. The van der Waals surface area contributed by atoms with Crippen molar-refractivity contribution in [2.45, 2.75) is 32.2 Å². The van der Waals surface area contributed by atoms with Gasteiger partial charge in [0.15, 0.2) is 0 Å². The molecule has 0 bridgehead atoms. The number of rotatable bonds is 6. The highest BCUT2D eigenvalue weighted by Gasteiger charge is 2.23. The zero-order valence-electron chi connectivity index (χ0n) is 15.2. The molecule has 2 atom stereocenters. The average molecular weight is 427 g/mol. The molecule has 3 nitrogen and oxygen atoms in total. The Balaban J connectivity index is 2.03. The van der Waals surface area contributed by atoms with E-state index in [1.165, 1.54) is 12.1 Å². The van der Waals surface area contributed by atoms with Crippen LogP contribution in [0.2, 0.25) is 0 Å². The Labute approximate surface area is 166 Å². The van der Waals surface area contributed by atoms with Crippen molar-refractivity contribution < 1.29 is 4.39 Å². The Bertz CT molecular complexity index is 943. The Morgan fingerprint density at radius 2 is 1.78 bits per heavy atom. The van der Waals surface area contributed by atoms with Gasteiger partial charge in [-0.2, -0.15) is 4.91 Å². The van der Waals surface area contributed by atoms with Crippen LogP contribution in [-0.4, -0.2) is 4.98 Å². The molecule has 0 aliphatic rings. The quantitative estimate of drug-likeness (QED) is 0.415. The second-order valence-electron chi connectivity index (χ2n) is 6.69. The molecule has 138 valence electrons. The van der Waals surface area contributed by atoms with Crippen molar-refractivity contribution in [3.8, 4) is 0 Å². The number of benzene rings is 2. The van der Waals surface area contributed by atoms with Gasteiger partial charge in [0.2, 0.25) is 0 Å². The van der Waals surface area contributed by atoms with Gasteiger partial charge in [-0.05, 0) is 78.9 Å². The SMILES string of the molecule is Cc1cc(C(CC(c2ccc(Br)cc2)c2ccc(F)cc2C)N=O)ccn1. The predicted molar refractivity (Wildman–Crippen MR) is 109 cm³/mol. The molecule has 0 amide bonds. The third kappa shape index (κ3) is 4.66. The van der Waals surface area contributed by atoms with Crippen molar-refractivity contribution in [2.24, 2.45) is 5.18 Å². The summed E-state index contributed by atoms with van der Waals surface area (Å²) in [5.74, 6) is -0.338. The van der Waals surface area contributed by atoms with E-state index in [4.69, 9.17) is 0 Å². The van der Waals surface area contributed by atoms with Crippen molar-refractivity contribution >= 4 is 15.9 Å². The molecule has 1 aromatic heterocycles. The molecule has 1 heterocycles. The molecule has 0 aliphatic carbocycles. The van der Waals surface area contributed by atoms with E-state index in [9.17, 15) is 9.30 Å². The van der Waals surface area contributed by atoms with E-state index in [-0.39, 0.29) is 11.7 Å². The van der Waals surface area contributed by atoms with Crippen LogP contribution in [0.25, 0.3) is 0 Å². The van der Waals surface area contributed by atoms with Crippen molar-refractivity contribution in [3.63, 3.8) is 0 Å². The molecule has 0 fully saturated rings. The molecule has 5 heteroatoms. The Kier molecular flexibility index (Phi) is 6.11. The number of aryl methyl sites for hydroxylation is 2. The molecule has 2 aromatic carbocycles. The van der Waals surface area contributed by atoms with Crippen molar-refractivity contribution in [1.82, 2.24) is 4.98 Å². The van der Waals surface area contributed by atoms with E-state index in [1.807, 2.05) is 50.2 Å². The van der Waals surface area contributed by atoms with E-state index >= 15 is 0 Å². The number of aromatic nitrogens is 1. The van der Waals surface area contributed by atoms with Crippen molar-refractivity contribution in [1.29, 1.82) is 0 Å². The van der Waals surface area contributed by atoms with Gasteiger partial charge in [0.05, 0.1) is 0 Å². The number of nitroso groups, excluding NO2 is 1. The number of halogens is 2. The van der Waals surface area contributed by atoms with Gasteiger partial charge in [0.25, 0.3) is 0 Å². The molecule has 3 rings (SSSR count). The minimum atomic E-state index is -0.509. The van der Waals surface area contributed by atoms with Crippen LogP contribution in [0.3, 0.4) is 0 Å². The number of nitrogens with zero attached hydrogens (tertiary/aromatic N) is 2. The minimum absolute atomic E-state index is 0.0742. The lowest BCUT2D eigenvalue weighted by Crippen LogP contribution is -2.09. The van der Waals surface area contributed by atoms with Crippen LogP contribution in [0.5, 0.6) is 0 Å². The summed E-state index contributed by atoms with van der Waals surface area (Å²) in [5, 5.41) is 3.39. The first-order valence-electron chi connectivity index (χ1n) is 8.74. The van der Waals surface area contributed by atoms with Gasteiger partial charge in [-0.15, -0.1) is 0 Å². The smallest absolute Gasteiger partial charge is 0.123 e. The van der Waals surface area contributed by atoms with Crippen LogP contribution in [-0.2, 0) is 0 Å². The molecule has 0 radical (unpaired) electrons. The van der Waals surface area contributed by atoms with Crippen LogP contribution < -0.4 is 0 Å². The second kappa shape index (κ2) is 8.53. The van der Waals surface area contributed by atoms with E-state index in [2.05, 4.69) is 26.1 Å². The van der Waals surface area contributed by atoms with Gasteiger partial charge in [0.1, 0.15) is 11.9 Å². The highest BCUT2D eigenvalue weighted by atomic mass is 79.9. The molecule has 3 aromatic rings. The van der Waals surface area contributed by atoms with E-state index in [0.29, 0.717) is 6.42 Å². The standard InChI is InChI=1S/C22H20BrFN2O/c1-14-11-19(24)7-8-20(14)21(16-3-5-18(23)6-4-16)13-22(26-27)17-9-10-25-15(2)12-17/h3-12,21-22H,13H2,1-2H3. The predicted octanol–water partition coefficient (Wildman–Crippen LogP) is 6.63. The van der Waals surface area contributed by atoms with Gasteiger partial charge >= 0.3 is 0 Å². The van der Waals surface area contributed by atoms with E-state index in [0.717, 1.165) is 32.4 Å². The molecule has 0 aliphatic heterocycles. The van der Waals surface area contributed by atoms with Gasteiger partial charge in [0, 0.05) is 22.3 Å². The molecule has 0 saturated carbocycles. The van der Waals surface area contributed by atoms with Crippen LogP contribution in [0.15, 0.2) is 70.4 Å². The first-order valence-corrected chi connectivity index (χ1v) is 9.53. The Morgan fingerprint density at radius 3 is 2.41 bits per heavy atom. The number of hydrogen-bond acceptors (Lipinski definition) is 3. The van der Waals surface area contributed by atoms with Crippen LogP contribution in [0, 0.1) is 24.6 Å². The number of pyridine rings is 1. The summed E-state index contributed by atoms with van der Waals surface area (Å²) in [5.41, 5.74) is 4.61. The third-order valence-electron chi connectivity index (χ3n) is 4.77. The van der Waals surface area contributed by atoms with Gasteiger partial charge in [-0.1, -0.05) is 39.3 Å². The van der Waals surface area contributed by atoms with Gasteiger partial charge in [-0.25, -0.2) is 4.39 Å². The maximum absolute atomic E-state index is 13.6. The van der Waals surface area contributed by atoms with Crippen LogP contribution >= 0.6 is 15.9 Å². The average Bonchev–Trinajstić information content (AvgIpc) is 2.64. The summed E-state index contributed by atoms with van der Waals surface area (Å²) in [7, 11) is 0. The molecular formula is C22H20BrFN2O. The minimum Gasteiger partial charge on any atom is -0.262 e. The highest BCUT2D eigenvalue weighted by molar-refractivity contribution is 9.10. The van der Waals surface area contributed by atoms with Gasteiger partial charge in [-0.3, -0.25) is 4.98 Å². The second-order valence-corrected chi connectivity index (χ2v) is 7.61. The molecule has 0 spiro atoms. The lowest BCUT2D eigenvalue weighted by Gasteiger charge is -2.23. The normalized spacial score (nSPS) is 13.2. The summed E-state index contributed by atoms with van der Waals surface area (Å²) >= 11 is 3.46. The molecule has 2 unspecified atom stereocenters. The molecule has 0 saturated heterocycles. The topological polar surface area (TPSA) is 42.3 Å². The lowest BCUT2D eigenvalue weighted by atomic mass is 9.82. The number of hydrogen-bond donors (Lipinski definition) is 0. The fraction of sp³-hybridized carbons (Fsp3) is 0.227. The monoisotopic (exact) mass is 426 g/mol. The molecule has 0 N–H and O–H groups in total. The largest absolute Gasteiger partial charge is 0.262 e. The first kappa shape index (κ1) is 19.4. The molecular weight excluding hydrogens is 407 g/mol. The van der Waals surface area contributed by atoms with Crippen LogP contribution in [0.4, 0.5) is 4.39 Å². The van der Waals surface area contributed by atoms with Crippen molar-refractivity contribution in [3.05, 3.63) is 104 Å². The summed E-state index contributed by atoms with van der Waals surface area (Å²) in [6.07, 6.45) is 2.20. The summed E-state index contributed by atoms with van der Waals surface area (Å²) in [6, 6.07) is 16.0. The van der Waals surface area contributed by atoms with Crippen LogP contribution in [0.1, 0.15) is 46.3 Å². The molecule has 27 heavy (non-hydrogen) atoms. The maximum Gasteiger partial charge on any atom is 0.123 e. The summed E-state index contributed by atoms with van der Waals surface area (Å²) < 4.78 is 14.6. The maximum atomic E-state index is 13.6. The van der Waals surface area contributed by atoms with E-state index in [1.54, 1.807) is 12.3 Å². The van der Waals surface area contributed by atoms with E-state index < -0.39 is 6.04 Å². The highest BCUT2D eigenvalue weighted by Crippen LogP contribution is 2.37. The third-order valence-corrected chi connectivity index (χ3v) is 5.30. The van der Waals surface area contributed by atoms with Crippen molar-refractivity contribution in [2.75, 3.05) is 0 Å². The Hall–Kier alpha value is -2.40. The first-order chi connectivity index (χ1) is 13.0. The zero-order valence-corrected chi connectivity index (χ0v) is 16.8. The summed E-state index contributed by atoms with van der Waals surface area (Å²) in [4.78, 5) is 15.9. The van der Waals surface area contributed by atoms with Gasteiger partial charge < -0.3 is 0 Å². The zero-order chi connectivity index (χ0) is 19.4. The lowest BCUT2D eigenvalue weighted by molar-refractivity contribution is 0.587. The summed E-state index contributed by atoms with van der Waals surface area (Å²) in [6.45, 7) is 3.78. The fourth-order valence-electron chi connectivity index (χ4n) is 3.41.